The van der Waals surface area contributed by atoms with Crippen molar-refractivity contribution in [3.63, 3.8) is 0 Å². The second kappa shape index (κ2) is 7.25. The first kappa shape index (κ1) is 22.0. The molecule has 0 spiro atoms. The number of carbonyl (C=O) groups is 1. The van der Waals surface area contributed by atoms with Gasteiger partial charge in [0.25, 0.3) is 0 Å². The van der Waals surface area contributed by atoms with Crippen molar-refractivity contribution in [1.29, 1.82) is 0 Å². The molecule has 0 atom stereocenters. The average Bonchev–Trinajstić information content (AvgIpc) is 2.75. The molecular weight excluding hydrogens is 339 g/mol. The van der Waals surface area contributed by atoms with Gasteiger partial charge in [0.05, 0.1) is 16.6 Å². The lowest BCUT2D eigenvalue weighted by molar-refractivity contribution is -0.167. The molecule has 0 radical (unpaired) electrons. The molecule has 27 heavy (non-hydrogen) atoms. The minimum Gasteiger partial charge on any atom is -0.459 e. The van der Waals surface area contributed by atoms with Crippen molar-refractivity contribution in [2.24, 2.45) is 5.41 Å². The molecule has 0 aliphatic carbocycles. The molecule has 4 nitrogen and oxygen atoms in total. The molecule has 1 fully saturated rings. The normalized spacial score (nSPS) is 19.2. The maximum atomic E-state index is 12.8. The van der Waals surface area contributed by atoms with Gasteiger partial charge in [-0.05, 0) is 79.3 Å². The van der Waals surface area contributed by atoms with Crippen molar-refractivity contribution in [1.82, 2.24) is 0 Å². The van der Waals surface area contributed by atoms with Crippen molar-refractivity contribution in [2.75, 3.05) is 0 Å². The molecule has 150 valence electrons. The summed E-state index contributed by atoms with van der Waals surface area (Å²) in [5, 5.41) is 0. The molecule has 2 rings (SSSR count). The van der Waals surface area contributed by atoms with Crippen LogP contribution >= 0.6 is 0 Å². The zero-order valence-corrected chi connectivity index (χ0v) is 18.4. The summed E-state index contributed by atoms with van der Waals surface area (Å²) in [7, 11) is -0.440. The molecule has 1 heterocycles. The van der Waals surface area contributed by atoms with Crippen LogP contribution in [0.5, 0.6) is 0 Å². The number of carbonyl (C=O) groups excluding carboxylic acids is 1. The van der Waals surface area contributed by atoms with Gasteiger partial charge in [0.15, 0.2) is 0 Å². The van der Waals surface area contributed by atoms with Crippen molar-refractivity contribution in [3.8, 4) is 0 Å². The molecule has 1 aliphatic heterocycles. The van der Waals surface area contributed by atoms with E-state index in [1.807, 2.05) is 86.6 Å². The Morgan fingerprint density at radius 3 is 2.07 bits per heavy atom. The predicted molar refractivity (Wildman–Crippen MR) is 110 cm³/mol. The van der Waals surface area contributed by atoms with Crippen molar-refractivity contribution in [3.05, 3.63) is 29.8 Å². The van der Waals surface area contributed by atoms with Crippen molar-refractivity contribution < 1.29 is 18.8 Å². The van der Waals surface area contributed by atoms with Gasteiger partial charge in [0.1, 0.15) is 5.60 Å². The van der Waals surface area contributed by atoms with Gasteiger partial charge in [-0.25, -0.2) is 0 Å². The van der Waals surface area contributed by atoms with Crippen molar-refractivity contribution >= 4 is 18.6 Å². The molecule has 5 heteroatoms. The molecule has 1 saturated heterocycles. The standard InChI is InChI=1S/C22H35BO4/c1-10-20(4,5)25-18(24)19(2,3)15-16-13-11-12-14-17(16)23-26-21(6,7)22(8,9)27-23/h11-14H,10,15H2,1-9H3. The molecule has 1 aromatic carbocycles. The van der Waals surface area contributed by atoms with E-state index in [0.29, 0.717) is 6.42 Å². The lowest BCUT2D eigenvalue weighted by Crippen LogP contribution is -2.41. The highest BCUT2D eigenvalue weighted by atomic mass is 16.7. The third-order valence-corrected chi connectivity index (χ3v) is 5.97. The highest BCUT2D eigenvalue weighted by Crippen LogP contribution is 2.37. The zero-order chi connectivity index (χ0) is 20.7. The van der Waals surface area contributed by atoms with E-state index < -0.39 is 29.3 Å². The summed E-state index contributed by atoms with van der Waals surface area (Å²) >= 11 is 0. The Morgan fingerprint density at radius 2 is 1.56 bits per heavy atom. The van der Waals surface area contributed by atoms with E-state index in [9.17, 15) is 4.79 Å². The number of hydrogen-bond acceptors (Lipinski definition) is 4. The minimum absolute atomic E-state index is 0.182. The Hall–Kier alpha value is -1.33. The Kier molecular flexibility index (Phi) is 5.90. The molecular formula is C22H35BO4. The second-order valence-electron chi connectivity index (χ2n) is 9.85. The smallest absolute Gasteiger partial charge is 0.459 e. The Balaban J connectivity index is 2.25. The van der Waals surface area contributed by atoms with Gasteiger partial charge in [0.2, 0.25) is 0 Å². The predicted octanol–water partition coefficient (Wildman–Crippen LogP) is 4.29. The maximum Gasteiger partial charge on any atom is 0.495 e. The lowest BCUT2D eigenvalue weighted by atomic mass is 9.72. The molecule has 0 saturated carbocycles. The third-order valence-electron chi connectivity index (χ3n) is 5.97. The fourth-order valence-corrected chi connectivity index (χ4v) is 2.90. The summed E-state index contributed by atoms with van der Waals surface area (Å²) in [6, 6.07) is 8.03. The van der Waals surface area contributed by atoms with Crippen LogP contribution < -0.4 is 5.46 Å². The van der Waals surface area contributed by atoms with Crippen LogP contribution in [0, 0.1) is 5.41 Å². The highest BCUT2D eigenvalue weighted by molar-refractivity contribution is 6.62. The topological polar surface area (TPSA) is 44.8 Å². The van der Waals surface area contributed by atoms with Gasteiger partial charge < -0.3 is 14.0 Å². The fraction of sp³-hybridized carbons (Fsp3) is 0.682. The van der Waals surface area contributed by atoms with E-state index in [0.717, 1.165) is 17.4 Å². The molecule has 1 aromatic rings. The summed E-state index contributed by atoms with van der Waals surface area (Å²) < 4.78 is 18.2. The van der Waals surface area contributed by atoms with Crippen LogP contribution in [-0.2, 0) is 25.3 Å². The lowest BCUT2D eigenvalue weighted by Gasteiger charge is -2.32. The summed E-state index contributed by atoms with van der Waals surface area (Å²) in [6.07, 6.45) is 1.34. The monoisotopic (exact) mass is 374 g/mol. The molecule has 0 unspecified atom stereocenters. The van der Waals surface area contributed by atoms with Crippen LogP contribution in [0.1, 0.15) is 74.3 Å². The van der Waals surface area contributed by atoms with Crippen LogP contribution in [0.3, 0.4) is 0 Å². The highest BCUT2D eigenvalue weighted by Gasteiger charge is 2.52. The summed E-state index contributed by atoms with van der Waals surface area (Å²) in [6.45, 7) is 18.0. The van der Waals surface area contributed by atoms with Crippen LogP contribution in [0.2, 0.25) is 0 Å². The zero-order valence-electron chi connectivity index (χ0n) is 18.4. The largest absolute Gasteiger partial charge is 0.495 e. The van der Waals surface area contributed by atoms with Gasteiger partial charge in [-0.3, -0.25) is 4.79 Å². The first-order valence-electron chi connectivity index (χ1n) is 9.88. The van der Waals surface area contributed by atoms with Gasteiger partial charge in [0, 0.05) is 0 Å². The van der Waals surface area contributed by atoms with E-state index >= 15 is 0 Å². The Labute approximate surface area is 165 Å². The van der Waals surface area contributed by atoms with Gasteiger partial charge in [-0.15, -0.1) is 0 Å². The molecule has 0 amide bonds. The van der Waals surface area contributed by atoms with E-state index in [4.69, 9.17) is 14.0 Å². The number of ether oxygens (including phenoxy) is 1. The summed E-state index contributed by atoms with van der Waals surface area (Å²) in [4.78, 5) is 12.8. The second-order valence-corrected chi connectivity index (χ2v) is 9.85. The minimum atomic E-state index is -0.647. The fourth-order valence-electron chi connectivity index (χ4n) is 2.90. The van der Waals surface area contributed by atoms with E-state index in [1.165, 1.54) is 0 Å². The molecule has 1 aliphatic rings. The van der Waals surface area contributed by atoms with E-state index in [2.05, 4.69) is 0 Å². The number of benzene rings is 1. The first-order chi connectivity index (χ1) is 12.2. The Morgan fingerprint density at radius 1 is 1.04 bits per heavy atom. The van der Waals surface area contributed by atoms with Gasteiger partial charge in [-0.2, -0.15) is 0 Å². The number of rotatable bonds is 6. The van der Waals surface area contributed by atoms with Gasteiger partial charge in [-0.1, -0.05) is 31.2 Å². The van der Waals surface area contributed by atoms with E-state index in [-0.39, 0.29) is 5.97 Å². The van der Waals surface area contributed by atoms with Crippen LogP contribution in [0.15, 0.2) is 24.3 Å². The quantitative estimate of drug-likeness (QED) is 0.551. The summed E-state index contributed by atoms with van der Waals surface area (Å²) in [5.41, 5.74) is 0.125. The Bertz CT molecular complexity index is 675. The van der Waals surface area contributed by atoms with Crippen molar-refractivity contribution in [2.45, 2.75) is 92.0 Å². The molecule has 0 aromatic heterocycles. The van der Waals surface area contributed by atoms with E-state index in [1.54, 1.807) is 0 Å². The number of esters is 1. The van der Waals surface area contributed by atoms with Crippen LogP contribution in [0.4, 0.5) is 0 Å². The third kappa shape index (κ3) is 4.75. The molecule has 0 bridgehead atoms. The van der Waals surface area contributed by atoms with Gasteiger partial charge >= 0.3 is 13.1 Å². The van der Waals surface area contributed by atoms with Crippen LogP contribution in [0.25, 0.3) is 0 Å². The summed E-state index contributed by atoms with van der Waals surface area (Å²) in [5.74, 6) is -0.182. The van der Waals surface area contributed by atoms with Crippen LogP contribution in [-0.4, -0.2) is 29.9 Å². The molecule has 0 N–H and O–H groups in total. The average molecular weight is 374 g/mol. The number of hydrogen-bond donors (Lipinski definition) is 0. The SMILES string of the molecule is CCC(C)(C)OC(=O)C(C)(C)Cc1ccccc1B1OC(C)(C)C(C)(C)O1. The maximum absolute atomic E-state index is 12.8. The first-order valence-corrected chi connectivity index (χ1v) is 9.88.